The molecule has 2 amide bonds. The van der Waals surface area contributed by atoms with Gasteiger partial charge in [-0.25, -0.2) is 14.8 Å². The van der Waals surface area contributed by atoms with Crippen LogP contribution in [0.2, 0.25) is 0 Å². The molecule has 1 aliphatic carbocycles. The Bertz CT molecular complexity index is 969. The topological polar surface area (TPSA) is 75.6 Å². The van der Waals surface area contributed by atoms with Gasteiger partial charge in [0.2, 0.25) is 5.91 Å². The molecule has 2 aliphatic heterocycles. The van der Waals surface area contributed by atoms with Crippen LogP contribution in [0.4, 0.5) is 31.1 Å². The van der Waals surface area contributed by atoms with Crippen molar-refractivity contribution < 1.29 is 40.7 Å². The zero-order valence-corrected chi connectivity index (χ0v) is 20.0. The van der Waals surface area contributed by atoms with Crippen molar-refractivity contribution in [3.8, 4) is 0 Å². The number of alkyl halides is 6. The fourth-order valence-corrected chi connectivity index (χ4v) is 5.27. The SMILES string of the molecule is CC(C)c1ncc(C2(C(=O)N3CCCC34CCN(C(=O)OC(C(F)(F)F)C(F)(F)F)CC4)CC2)cn1. The number of carbonyl (C=O) groups excluding carboxylic acids is 2. The highest BCUT2D eigenvalue weighted by Crippen LogP contribution is 2.52. The van der Waals surface area contributed by atoms with Crippen LogP contribution >= 0.6 is 0 Å². The molecule has 36 heavy (non-hydrogen) atoms. The Labute approximate surface area is 204 Å². The molecule has 0 radical (unpaired) electrons. The third kappa shape index (κ3) is 4.84. The number of aromatic nitrogens is 2. The minimum absolute atomic E-state index is 0.0638. The van der Waals surface area contributed by atoms with E-state index in [9.17, 15) is 35.9 Å². The Morgan fingerprint density at radius 3 is 1.94 bits per heavy atom. The van der Waals surface area contributed by atoms with E-state index in [1.165, 1.54) is 0 Å². The second-order valence-electron chi connectivity index (χ2n) is 10.2. The van der Waals surface area contributed by atoms with Crippen LogP contribution in [0.15, 0.2) is 12.4 Å². The van der Waals surface area contributed by atoms with Crippen LogP contribution in [-0.4, -0.2) is 75.4 Å². The second kappa shape index (κ2) is 9.05. The van der Waals surface area contributed by atoms with E-state index in [0.717, 1.165) is 16.9 Å². The first-order valence-electron chi connectivity index (χ1n) is 11.9. The van der Waals surface area contributed by atoms with Gasteiger partial charge in [-0.05, 0) is 38.5 Å². The number of hydrogen-bond acceptors (Lipinski definition) is 5. The summed E-state index contributed by atoms with van der Waals surface area (Å²) in [5, 5.41) is 0. The van der Waals surface area contributed by atoms with Gasteiger partial charge in [-0.2, -0.15) is 26.3 Å². The highest BCUT2D eigenvalue weighted by molar-refractivity contribution is 5.92. The number of ether oxygens (including phenoxy) is 1. The van der Waals surface area contributed by atoms with E-state index < -0.39 is 35.5 Å². The molecule has 0 aromatic carbocycles. The Kier molecular flexibility index (Phi) is 6.66. The molecule has 4 rings (SSSR count). The molecule has 0 atom stereocenters. The van der Waals surface area contributed by atoms with Crippen molar-refractivity contribution in [2.24, 2.45) is 0 Å². The van der Waals surface area contributed by atoms with Gasteiger partial charge in [0, 0.05) is 49.0 Å². The molecular weight excluding hydrogens is 494 g/mol. The minimum Gasteiger partial charge on any atom is -0.426 e. The standard InChI is InChI=1S/C23H28F6N4O3/c1-14(2)16-30-12-15(13-31-16)21(5-6-21)18(34)33-9-3-4-20(33)7-10-32(11-8-20)19(35)36-17(22(24,25)26)23(27,28)29/h12-14,17H,3-11H2,1-2H3. The summed E-state index contributed by atoms with van der Waals surface area (Å²) in [7, 11) is 0. The smallest absolute Gasteiger partial charge is 0.426 e. The van der Waals surface area contributed by atoms with Crippen molar-refractivity contribution in [3.63, 3.8) is 0 Å². The third-order valence-corrected chi connectivity index (χ3v) is 7.51. The first kappa shape index (κ1) is 26.5. The normalized spacial score (nSPS) is 21.4. The maximum absolute atomic E-state index is 13.7. The van der Waals surface area contributed by atoms with E-state index in [-0.39, 0.29) is 37.8 Å². The molecule has 1 saturated carbocycles. The molecule has 0 bridgehead atoms. The van der Waals surface area contributed by atoms with Gasteiger partial charge < -0.3 is 14.5 Å². The summed E-state index contributed by atoms with van der Waals surface area (Å²) >= 11 is 0. The fraction of sp³-hybridized carbons (Fsp3) is 0.739. The Balaban J connectivity index is 1.43. The summed E-state index contributed by atoms with van der Waals surface area (Å²) in [5.41, 5.74) is -0.573. The van der Waals surface area contributed by atoms with Crippen molar-refractivity contribution in [3.05, 3.63) is 23.8 Å². The highest BCUT2D eigenvalue weighted by atomic mass is 19.4. The molecule has 2 saturated heterocycles. The first-order valence-corrected chi connectivity index (χ1v) is 11.9. The van der Waals surface area contributed by atoms with Crippen LogP contribution in [0.3, 0.4) is 0 Å². The Hall–Kier alpha value is -2.60. The zero-order valence-electron chi connectivity index (χ0n) is 20.0. The molecule has 200 valence electrons. The van der Waals surface area contributed by atoms with E-state index in [0.29, 0.717) is 31.6 Å². The number of amides is 2. The first-order chi connectivity index (χ1) is 16.7. The largest absolute Gasteiger partial charge is 0.434 e. The number of nitrogens with zero attached hydrogens (tertiary/aromatic N) is 4. The molecule has 3 heterocycles. The summed E-state index contributed by atoms with van der Waals surface area (Å²) < 4.78 is 80.5. The van der Waals surface area contributed by atoms with Crippen LogP contribution in [0.25, 0.3) is 0 Å². The van der Waals surface area contributed by atoms with Crippen LogP contribution in [0.5, 0.6) is 0 Å². The number of likely N-dealkylation sites (tertiary alicyclic amines) is 2. The van der Waals surface area contributed by atoms with E-state index >= 15 is 0 Å². The van der Waals surface area contributed by atoms with E-state index in [1.807, 2.05) is 13.8 Å². The van der Waals surface area contributed by atoms with Crippen molar-refractivity contribution in [1.82, 2.24) is 19.8 Å². The Morgan fingerprint density at radius 1 is 0.917 bits per heavy atom. The van der Waals surface area contributed by atoms with E-state index in [1.54, 1.807) is 17.3 Å². The average molecular weight is 522 g/mol. The molecule has 0 N–H and O–H groups in total. The predicted molar refractivity (Wildman–Crippen MR) is 114 cm³/mol. The number of halogens is 6. The molecule has 1 aromatic rings. The Morgan fingerprint density at radius 2 is 1.47 bits per heavy atom. The lowest BCUT2D eigenvalue weighted by Crippen LogP contribution is -2.57. The minimum atomic E-state index is -5.77. The van der Waals surface area contributed by atoms with Gasteiger partial charge in [-0.15, -0.1) is 0 Å². The fourth-order valence-electron chi connectivity index (χ4n) is 5.27. The van der Waals surface area contributed by atoms with E-state index in [4.69, 9.17) is 0 Å². The summed E-state index contributed by atoms with van der Waals surface area (Å²) in [6.45, 7) is 4.22. The average Bonchev–Trinajstić information content (AvgIpc) is 3.52. The van der Waals surface area contributed by atoms with Gasteiger partial charge in [0.15, 0.2) is 0 Å². The number of hydrogen-bond donors (Lipinski definition) is 0. The molecule has 3 aliphatic rings. The maximum Gasteiger partial charge on any atom is 0.434 e. The third-order valence-electron chi connectivity index (χ3n) is 7.51. The molecule has 1 aromatic heterocycles. The maximum atomic E-state index is 13.7. The molecule has 7 nitrogen and oxygen atoms in total. The molecule has 1 spiro atoms. The number of rotatable bonds is 4. The van der Waals surface area contributed by atoms with Gasteiger partial charge in [0.25, 0.3) is 6.10 Å². The second-order valence-corrected chi connectivity index (χ2v) is 10.2. The van der Waals surface area contributed by atoms with Crippen LogP contribution < -0.4 is 0 Å². The number of piperidine rings is 1. The monoisotopic (exact) mass is 522 g/mol. The lowest BCUT2D eigenvalue weighted by Gasteiger charge is -2.46. The predicted octanol–water partition coefficient (Wildman–Crippen LogP) is 4.72. The van der Waals surface area contributed by atoms with Gasteiger partial charge in [0.1, 0.15) is 5.82 Å². The van der Waals surface area contributed by atoms with Crippen molar-refractivity contribution in [1.29, 1.82) is 0 Å². The number of carbonyl (C=O) groups is 2. The summed E-state index contributed by atoms with van der Waals surface area (Å²) in [4.78, 5) is 37.3. The lowest BCUT2D eigenvalue weighted by atomic mass is 9.83. The van der Waals surface area contributed by atoms with Crippen molar-refractivity contribution in [2.75, 3.05) is 19.6 Å². The van der Waals surface area contributed by atoms with Gasteiger partial charge in [-0.3, -0.25) is 4.79 Å². The van der Waals surface area contributed by atoms with Crippen molar-refractivity contribution >= 4 is 12.0 Å². The molecular formula is C23H28F6N4O3. The van der Waals surface area contributed by atoms with Crippen molar-refractivity contribution in [2.45, 2.75) is 87.7 Å². The summed E-state index contributed by atoms with van der Waals surface area (Å²) in [6, 6.07) is 0. The van der Waals surface area contributed by atoms with Crippen LogP contribution in [0, 0.1) is 0 Å². The highest BCUT2D eigenvalue weighted by Gasteiger charge is 2.61. The lowest BCUT2D eigenvalue weighted by molar-refractivity contribution is -0.308. The zero-order chi connectivity index (χ0) is 26.5. The summed E-state index contributed by atoms with van der Waals surface area (Å²) in [6.07, 6.45) is -10.9. The van der Waals surface area contributed by atoms with Crippen LogP contribution in [0.1, 0.15) is 69.7 Å². The molecule has 0 unspecified atom stereocenters. The molecule has 3 fully saturated rings. The van der Waals surface area contributed by atoms with Gasteiger partial charge in [0.05, 0.1) is 5.41 Å². The van der Waals surface area contributed by atoms with Gasteiger partial charge >= 0.3 is 18.4 Å². The van der Waals surface area contributed by atoms with Gasteiger partial charge in [-0.1, -0.05) is 13.8 Å². The van der Waals surface area contributed by atoms with Crippen LogP contribution in [-0.2, 0) is 14.9 Å². The summed E-state index contributed by atoms with van der Waals surface area (Å²) in [5.74, 6) is 0.759. The van der Waals surface area contributed by atoms with E-state index in [2.05, 4.69) is 14.7 Å². The molecule has 13 heteroatoms. The quantitative estimate of drug-likeness (QED) is 0.535.